The second-order valence-electron chi connectivity index (χ2n) is 5.51. The number of benzene rings is 1. The molecule has 134 valence electrons. The molecule has 0 saturated carbocycles. The highest BCUT2D eigenvalue weighted by molar-refractivity contribution is 14.0. The SMILES string of the molecule is CCNC(=NCc1ccc2c(c1)OCO2)NCc1cccc(C)n1.I. The lowest BCUT2D eigenvalue weighted by atomic mass is 10.2. The van der Waals surface area contributed by atoms with Gasteiger partial charge >= 0.3 is 0 Å². The van der Waals surface area contributed by atoms with E-state index in [1.54, 1.807) is 0 Å². The van der Waals surface area contributed by atoms with E-state index in [0.717, 1.165) is 41.0 Å². The number of pyridine rings is 1. The smallest absolute Gasteiger partial charge is 0.231 e. The highest BCUT2D eigenvalue weighted by Gasteiger charge is 2.12. The monoisotopic (exact) mass is 454 g/mol. The molecule has 0 fully saturated rings. The molecule has 3 rings (SSSR count). The molecule has 0 bridgehead atoms. The van der Waals surface area contributed by atoms with Gasteiger partial charge in [0.15, 0.2) is 17.5 Å². The molecule has 2 aromatic rings. The summed E-state index contributed by atoms with van der Waals surface area (Å²) in [5.74, 6) is 2.33. The second kappa shape index (κ2) is 9.45. The van der Waals surface area contributed by atoms with Gasteiger partial charge in [0.1, 0.15) is 0 Å². The number of aliphatic imine (C=N–C) groups is 1. The average molecular weight is 454 g/mol. The first-order valence-electron chi connectivity index (χ1n) is 8.08. The van der Waals surface area contributed by atoms with Crippen molar-refractivity contribution in [2.75, 3.05) is 13.3 Å². The molecule has 1 aromatic carbocycles. The predicted octanol–water partition coefficient (Wildman–Crippen LogP) is 2.99. The van der Waals surface area contributed by atoms with Crippen molar-refractivity contribution >= 4 is 29.9 Å². The van der Waals surface area contributed by atoms with Gasteiger partial charge in [-0.1, -0.05) is 12.1 Å². The van der Waals surface area contributed by atoms with Crippen LogP contribution in [-0.4, -0.2) is 24.3 Å². The van der Waals surface area contributed by atoms with E-state index in [1.165, 1.54) is 0 Å². The van der Waals surface area contributed by atoms with Crippen LogP contribution in [0.5, 0.6) is 11.5 Å². The fourth-order valence-corrected chi connectivity index (χ4v) is 2.42. The Kier molecular flexibility index (Phi) is 7.30. The zero-order valence-corrected chi connectivity index (χ0v) is 16.7. The number of fused-ring (bicyclic) bond motifs is 1. The molecule has 0 spiro atoms. The van der Waals surface area contributed by atoms with Crippen molar-refractivity contribution in [3.63, 3.8) is 0 Å². The summed E-state index contributed by atoms with van der Waals surface area (Å²) in [4.78, 5) is 9.10. The Labute approximate surface area is 165 Å². The van der Waals surface area contributed by atoms with E-state index in [-0.39, 0.29) is 30.8 Å². The van der Waals surface area contributed by atoms with Crippen molar-refractivity contribution in [1.29, 1.82) is 0 Å². The summed E-state index contributed by atoms with van der Waals surface area (Å²) in [6.07, 6.45) is 0. The normalized spacial score (nSPS) is 12.5. The van der Waals surface area contributed by atoms with E-state index in [2.05, 4.69) is 20.6 Å². The van der Waals surface area contributed by atoms with Gasteiger partial charge in [-0.3, -0.25) is 4.98 Å². The van der Waals surface area contributed by atoms with Crippen molar-refractivity contribution in [2.45, 2.75) is 26.9 Å². The lowest BCUT2D eigenvalue weighted by Gasteiger charge is -2.11. The van der Waals surface area contributed by atoms with Gasteiger partial charge < -0.3 is 20.1 Å². The van der Waals surface area contributed by atoms with E-state index in [1.807, 2.05) is 50.2 Å². The second-order valence-corrected chi connectivity index (χ2v) is 5.51. The standard InChI is InChI=1S/C18H22N4O2.HI/c1-3-19-18(21-11-15-6-4-5-13(2)22-15)20-10-14-7-8-16-17(9-14)24-12-23-16;/h4-9H,3,10-12H2,1-2H3,(H2,19,20,21);1H. The minimum atomic E-state index is 0. The summed E-state index contributed by atoms with van der Waals surface area (Å²) in [6.45, 7) is 6.32. The molecule has 0 unspecified atom stereocenters. The van der Waals surface area contributed by atoms with Crippen LogP contribution < -0.4 is 20.1 Å². The summed E-state index contributed by atoms with van der Waals surface area (Å²) in [5.41, 5.74) is 3.07. The van der Waals surface area contributed by atoms with Gasteiger partial charge in [0.2, 0.25) is 6.79 Å². The maximum atomic E-state index is 5.40. The molecule has 0 saturated heterocycles. The van der Waals surface area contributed by atoms with Gasteiger partial charge in [-0.05, 0) is 43.7 Å². The van der Waals surface area contributed by atoms with Crippen molar-refractivity contribution in [2.24, 2.45) is 4.99 Å². The Bertz CT molecular complexity index is 737. The van der Waals surface area contributed by atoms with E-state index < -0.39 is 0 Å². The molecule has 0 radical (unpaired) electrons. The minimum Gasteiger partial charge on any atom is -0.454 e. The highest BCUT2D eigenvalue weighted by atomic mass is 127. The van der Waals surface area contributed by atoms with Crippen LogP contribution >= 0.6 is 24.0 Å². The van der Waals surface area contributed by atoms with E-state index in [4.69, 9.17) is 9.47 Å². The number of hydrogen-bond acceptors (Lipinski definition) is 4. The van der Waals surface area contributed by atoms with Crippen LogP contribution in [0, 0.1) is 6.92 Å². The van der Waals surface area contributed by atoms with Crippen molar-refractivity contribution in [3.05, 3.63) is 53.3 Å². The van der Waals surface area contributed by atoms with Crippen LogP contribution in [0.25, 0.3) is 0 Å². The number of aromatic nitrogens is 1. The molecule has 0 amide bonds. The third-order valence-electron chi connectivity index (χ3n) is 3.58. The van der Waals surface area contributed by atoms with Crippen LogP contribution in [0.2, 0.25) is 0 Å². The maximum absolute atomic E-state index is 5.40. The summed E-state index contributed by atoms with van der Waals surface area (Å²) in [7, 11) is 0. The van der Waals surface area contributed by atoms with E-state index in [9.17, 15) is 0 Å². The van der Waals surface area contributed by atoms with Crippen molar-refractivity contribution in [1.82, 2.24) is 15.6 Å². The zero-order valence-electron chi connectivity index (χ0n) is 14.4. The number of rotatable bonds is 5. The lowest BCUT2D eigenvalue weighted by molar-refractivity contribution is 0.174. The first-order chi connectivity index (χ1) is 11.7. The molecular weight excluding hydrogens is 431 g/mol. The number of hydrogen-bond donors (Lipinski definition) is 2. The molecule has 1 aromatic heterocycles. The predicted molar refractivity (Wildman–Crippen MR) is 109 cm³/mol. The maximum Gasteiger partial charge on any atom is 0.231 e. The highest BCUT2D eigenvalue weighted by Crippen LogP contribution is 2.32. The fourth-order valence-electron chi connectivity index (χ4n) is 2.42. The number of halogens is 1. The van der Waals surface area contributed by atoms with Gasteiger partial charge in [0.25, 0.3) is 0 Å². The quantitative estimate of drug-likeness (QED) is 0.413. The Balaban J connectivity index is 0.00000225. The van der Waals surface area contributed by atoms with Gasteiger partial charge in [-0.25, -0.2) is 4.99 Å². The van der Waals surface area contributed by atoms with Crippen LogP contribution in [0.4, 0.5) is 0 Å². The Morgan fingerprint density at radius 1 is 1.16 bits per heavy atom. The summed E-state index contributed by atoms with van der Waals surface area (Å²) in [5, 5.41) is 6.55. The van der Waals surface area contributed by atoms with Crippen LogP contribution in [0.3, 0.4) is 0 Å². The van der Waals surface area contributed by atoms with Gasteiger partial charge in [0, 0.05) is 12.2 Å². The first kappa shape index (κ1) is 19.3. The van der Waals surface area contributed by atoms with Crippen molar-refractivity contribution < 1.29 is 9.47 Å². The summed E-state index contributed by atoms with van der Waals surface area (Å²) < 4.78 is 10.7. The molecule has 2 N–H and O–H groups in total. The number of ether oxygens (including phenoxy) is 2. The number of guanidine groups is 1. The number of nitrogens with one attached hydrogen (secondary N) is 2. The third-order valence-corrected chi connectivity index (χ3v) is 3.58. The molecule has 0 atom stereocenters. The Hall–Kier alpha value is -2.03. The molecular formula is C18H23IN4O2. The fraction of sp³-hybridized carbons (Fsp3) is 0.333. The first-order valence-corrected chi connectivity index (χ1v) is 8.08. The topological polar surface area (TPSA) is 67.8 Å². The minimum absolute atomic E-state index is 0. The number of aryl methyl sites for hydroxylation is 1. The Morgan fingerprint density at radius 3 is 2.80 bits per heavy atom. The summed E-state index contributed by atoms with van der Waals surface area (Å²) >= 11 is 0. The molecule has 7 heteroatoms. The molecule has 2 heterocycles. The van der Waals surface area contributed by atoms with Crippen LogP contribution in [-0.2, 0) is 13.1 Å². The van der Waals surface area contributed by atoms with Crippen molar-refractivity contribution in [3.8, 4) is 11.5 Å². The Morgan fingerprint density at radius 2 is 2.00 bits per heavy atom. The zero-order chi connectivity index (χ0) is 16.8. The molecule has 0 aliphatic carbocycles. The van der Waals surface area contributed by atoms with Gasteiger partial charge in [-0.2, -0.15) is 0 Å². The largest absolute Gasteiger partial charge is 0.454 e. The van der Waals surface area contributed by atoms with Crippen LogP contribution in [0.1, 0.15) is 23.9 Å². The van der Waals surface area contributed by atoms with E-state index >= 15 is 0 Å². The molecule has 25 heavy (non-hydrogen) atoms. The van der Waals surface area contributed by atoms with Gasteiger partial charge in [0.05, 0.1) is 18.8 Å². The third kappa shape index (κ3) is 5.48. The number of nitrogens with zero attached hydrogens (tertiary/aromatic N) is 2. The molecule has 1 aliphatic heterocycles. The average Bonchev–Trinajstić information content (AvgIpc) is 3.05. The van der Waals surface area contributed by atoms with Gasteiger partial charge in [-0.15, -0.1) is 24.0 Å². The molecule has 6 nitrogen and oxygen atoms in total. The lowest BCUT2D eigenvalue weighted by Crippen LogP contribution is -2.37. The van der Waals surface area contributed by atoms with E-state index in [0.29, 0.717) is 13.1 Å². The molecule has 1 aliphatic rings. The van der Waals surface area contributed by atoms with Crippen LogP contribution in [0.15, 0.2) is 41.4 Å². The summed E-state index contributed by atoms with van der Waals surface area (Å²) in [6, 6.07) is 11.9.